The topological polar surface area (TPSA) is 62.3 Å². The Kier molecular flexibility index (Phi) is 4.56. The van der Waals surface area contributed by atoms with Crippen LogP contribution < -0.4 is 0 Å². The van der Waals surface area contributed by atoms with Crippen LogP contribution in [0.25, 0.3) is 0 Å². The second-order valence-electron chi connectivity index (χ2n) is 6.65. The standard InChI is InChI=1S/C17H22N2O2S/c1-13-7-9-14(10-8-13)22(20,21)19-16(12-17(2,3)4)15-6-5-11-18-15/h5-11,18H,12H2,1-4H3/b19-16+. The summed E-state index contributed by atoms with van der Waals surface area (Å²) in [6, 6.07) is 10.4. The Balaban J connectivity index is 2.46. The van der Waals surface area contributed by atoms with Gasteiger partial charge in [0.05, 0.1) is 16.3 Å². The van der Waals surface area contributed by atoms with Gasteiger partial charge in [0.15, 0.2) is 0 Å². The molecule has 0 saturated carbocycles. The molecule has 0 amide bonds. The minimum atomic E-state index is -3.71. The molecule has 0 aliphatic rings. The summed E-state index contributed by atoms with van der Waals surface area (Å²) in [7, 11) is -3.71. The van der Waals surface area contributed by atoms with Gasteiger partial charge in [0.25, 0.3) is 10.0 Å². The lowest BCUT2D eigenvalue weighted by Crippen LogP contribution is -2.16. The molecule has 0 spiro atoms. The van der Waals surface area contributed by atoms with Crippen LogP contribution in [0.5, 0.6) is 0 Å². The maximum Gasteiger partial charge on any atom is 0.282 e. The first kappa shape index (κ1) is 16.5. The SMILES string of the molecule is Cc1ccc(S(=O)(=O)/N=C(\CC(C)(C)C)c2ccc[nH]2)cc1. The van der Waals surface area contributed by atoms with Crippen LogP contribution in [0.4, 0.5) is 0 Å². The number of aryl methyl sites for hydroxylation is 1. The Hall–Kier alpha value is -1.88. The normalized spacial score (nSPS) is 13.4. The molecular weight excluding hydrogens is 296 g/mol. The van der Waals surface area contributed by atoms with E-state index in [4.69, 9.17) is 0 Å². The quantitative estimate of drug-likeness (QED) is 0.868. The molecule has 0 radical (unpaired) electrons. The van der Waals surface area contributed by atoms with E-state index in [9.17, 15) is 8.42 Å². The van der Waals surface area contributed by atoms with Gasteiger partial charge >= 0.3 is 0 Å². The number of hydrogen-bond donors (Lipinski definition) is 1. The number of nitrogens with zero attached hydrogens (tertiary/aromatic N) is 1. The molecule has 1 aromatic heterocycles. The number of hydrogen-bond acceptors (Lipinski definition) is 2. The highest BCUT2D eigenvalue weighted by Gasteiger charge is 2.20. The summed E-state index contributed by atoms with van der Waals surface area (Å²) in [4.78, 5) is 3.27. The third-order valence-electron chi connectivity index (χ3n) is 3.16. The summed E-state index contributed by atoms with van der Waals surface area (Å²) in [5.41, 5.74) is 2.25. The van der Waals surface area contributed by atoms with Gasteiger partial charge in [-0.2, -0.15) is 12.8 Å². The predicted molar refractivity (Wildman–Crippen MR) is 89.8 cm³/mol. The zero-order valence-corrected chi connectivity index (χ0v) is 14.2. The first-order valence-electron chi connectivity index (χ1n) is 7.22. The molecule has 0 atom stereocenters. The second-order valence-corrected chi connectivity index (χ2v) is 8.25. The van der Waals surface area contributed by atoms with E-state index in [0.717, 1.165) is 11.3 Å². The van der Waals surface area contributed by atoms with Crippen molar-refractivity contribution in [2.24, 2.45) is 9.81 Å². The van der Waals surface area contributed by atoms with Crippen molar-refractivity contribution in [3.63, 3.8) is 0 Å². The molecule has 1 aromatic carbocycles. The lowest BCUT2D eigenvalue weighted by Gasteiger charge is -2.19. The molecule has 0 aliphatic carbocycles. The number of H-pyrrole nitrogens is 1. The lowest BCUT2D eigenvalue weighted by molar-refractivity contribution is 0.434. The maximum absolute atomic E-state index is 12.5. The fraction of sp³-hybridized carbons (Fsp3) is 0.353. The molecule has 0 saturated heterocycles. The van der Waals surface area contributed by atoms with Gasteiger partial charge in [-0.1, -0.05) is 38.5 Å². The number of aromatic amines is 1. The molecule has 0 aliphatic heterocycles. The number of rotatable bonds is 4. The fourth-order valence-corrected chi connectivity index (χ4v) is 3.14. The van der Waals surface area contributed by atoms with Crippen LogP contribution in [0.1, 0.15) is 38.4 Å². The first-order chi connectivity index (χ1) is 10.2. The molecule has 5 heteroatoms. The number of aromatic nitrogens is 1. The molecule has 1 heterocycles. The van der Waals surface area contributed by atoms with Gasteiger partial charge in [0.1, 0.15) is 0 Å². The van der Waals surface area contributed by atoms with E-state index in [0.29, 0.717) is 12.1 Å². The summed E-state index contributed by atoms with van der Waals surface area (Å²) in [5.74, 6) is 0. The van der Waals surface area contributed by atoms with Gasteiger partial charge in [0.2, 0.25) is 0 Å². The van der Waals surface area contributed by atoms with E-state index < -0.39 is 10.0 Å². The van der Waals surface area contributed by atoms with Crippen LogP contribution in [0.3, 0.4) is 0 Å². The third kappa shape index (κ3) is 4.31. The summed E-state index contributed by atoms with van der Waals surface area (Å²) < 4.78 is 29.2. The van der Waals surface area contributed by atoms with Crippen molar-refractivity contribution in [2.45, 2.75) is 39.0 Å². The van der Waals surface area contributed by atoms with Gasteiger partial charge in [0, 0.05) is 6.20 Å². The van der Waals surface area contributed by atoms with Crippen LogP contribution in [-0.2, 0) is 10.0 Å². The Morgan fingerprint density at radius 1 is 1.14 bits per heavy atom. The van der Waals surface area contributed by atoms with Gasteiger partial charge in [-0.25, -0.2) is 0 Å². The monoisotopic (exact) mass is 318 g/mol. The third-order valence-corrected chi connectivity index (χ3v) is 4.48. The highest BCUT2D eigenvalue weighted by atomic mass is 32.2. The Morgan fingerprint density at radius 3 is 2.27 bits per heavy atom. The van der Waals surface area contributed by atoms with Crippen molar-refractivity contribution in [1.82, 2.24) is 4.98 Å². The zero-order valence-electron chi connectivity index (χ0n) is 13.4. The summed E-state index contributed by atoms with van der Waals surface area (Å²) >= 11 is 0. The van der Waals surface area contributed by atoms with Crippen LogP contribution in [0.15, 0.2) is 51.9 Å². The average Bonchev–Trinajstić information content (AvgIpc) is 2.90. The smallest absolute Gasteiger partial charge is 0.282 e. The molecule has 4 nitrogen and oxygen atoms in total. The summed E-state index contributed by atoms with van der Waals surface area (Å²) in [6.07, 6.45) is 2.34. The van der Waals surface area contributed by atoms with Crippen molar-refractivity contribution in [2.75, 3.05) is 0 Å². The molecule has 22 heavy (non-hydrogen) atoms. The maximum atomic E-state index is 12.5. The van der Waals surface area contributed by atoms with E-state index >= 15 is 0 Å². The van der Waals surface area contributed by atoms with E-state index in [1.807, 2.05) is 19.1 Å². The second kappa shape index (κ2) is 6.08. The van der Waals surface area contributed by atoms with Crippen LogP contribution >= 0.6 is 0 Å². The Morgan fingerprint density at radius 2 is 1.77 bits per heavy atom. The summed E-state index contributed by atoms with van der Waals surface area (Å²) in [6.45, 7) is 8.10. The molecule has 0 unspecified atom stereocenters. The van der Waals surface area contributed by atoms with Crippen LogP contribution in [0, 0.1) is 12.3 Å². The van der Waals surface area contributed by atoms with Gasteiger partial charge < -0.3 is 4.98 Å². The Labute approximate surface area is 132 Å². The number of nitrogens with one attached hydrogen (secondary N) is 1. The average molecular weight is 318 g/mol. The van der Waals surface area contributed by atoms with Crippen LogP contribution in [0.2, 0.25) is 0 Å². The predicted octanol–water partition coefficient (Wildman–Crippen LogP) is 3.94. The molecule has 1 N–H and O–H groups in total. The minimum Gasteiger partial charge on any atom is -0.360 e. The molecule has 2 rings (SSSR count). The molecule has 0 bridgehead atoms. The van der Waals surface area contributed by atoms with Gasteiger partial charge in [-0.3, -0.25) is 0 Å². The highest BCUT2D eigenvalue weighted by Crippen LogP contribution is 2.24. The van der Waals surface area contributed by atoms with E-state index in [1.165, 1.54) is 0 Å². The fourth-order valence-electron chi connectivity index (χ4n) is 2.10. The lowest BCUT2D eigenvalue weighted by atomic mass is 9.89. The van der Waals surface area contributed by atoms with Crippen molar-refractivity contribution < 1.29 is 8.42 Å². The van der Waals surface area contributed by atoms with Crippen molar-refractivity contribution in [3.05, 3.63) is 53.9 Å². The van der Waals surface area contributed by atoms with Gasteiger partial charge in [-0.15, -0.1) is 0 Å². The molecule has 2 aromatic rings. The number of benzene rings is 1. The zero-order chi connectivity index (χ0) is 16.4. The highest BCUT2D eigenvalue weighted by molar-refractivity contribution is 7.90. The molecular formula is C17H22N2O2S. The minimum absolute atomic E-state index is 0.0628. The van der Waals surface area contributed by atoms with Crippen molar-refractivity contribution in [1.29, 1.82) is 0 Å². The van der Waals surface area contributed by atoms with Crippen LogP contribution in [-0.4, -0.2) is 19.1 Å². The van der Waals surface area contributed by atoms with E-state index in [-0.39, 0.29) is 10.3 Å². The Bertz CT molecular complexity index is 750. The van der Waals surface area contributed by atoms with E-state index in [2.05, 4.69) is 30.2 Å². The first-order valence-corrected chi connectivity index (χ1v) is 8.66. The van der Waals surface area contributed by atoms with E-state index in [1.54, 1.807) is 30.5 Å². The largest absolute Gasteiger partial charge is 0.360 e. The van der Waals surface area contributed by atoms with Gasteiger partial charge in [-0.05, 0) is 43.0 Å². The number of sulfonamides is 1. The van der Waals surface area contributed by atoms with Crippen molar-refractivity contribution >= 4 is 15.7 Å². The van der Waals surface area contributed by atoms with Crippen molar-refractivity contribution in [3.8, 4) is 0 Å². The summed E-state index contributed by atoms with van der Waals surface area (Å²) in [5, 5.41) is 0. The molecule has 118 valence electrons. The molecule has 0 fully saturated rings.